The van der Waals surface area contributed by atoms with Crippen LogP contribution in [0, 0.1) is 12.7 Å². The van der Waals surface area contributed by atoms with Gasteiger partial charge in [-0.25, -0.2) is 14.4 Å². The summed E-state index contributed by atoms with van der Waals surface area (Å²) in [4.78, 5) is 8.76. The van der Waals surface area contributed by atoms with Gasteiger partial charge in [0, 0.05) is 10.0 Å². The summed E-state index contributed by atoms with van der Waals surface area (Å²) in [6, 6.07) is 8.27. The Morgan fingerprint density at radius 1 is 1.10 bits per heavy atom. The Balaban J connectivity index is 2.30. The highest BCUT2D eigenvalue weighted by Crippen LogP contribution is 2.32. The summed E-state index contributed by atoms with van der Waals surface area (Å²) in [5.74, 6) is -0.149. The van der Waals surface area contributed by atoms with Gasteiger partial charge in [-0.3, -0.25) is 0 Å². The van der Waals surface area contributed by atoms with Gasteiger partial charge < -0.3 is 0 Å². The van der Waals surface area contributed by atoms with E-state index in [4.69, 9.17) is 23.2 Å². The fraction of sp³-hybridized carbons (Fsp3) is 0.0667. The van der Waals surface area contributed by atoms with Gasteiger partial charge in [0.1, 0.15) is 11.0 Å². The molecule has 0 fully saturated rings. The second kappa shape index (κ2) is 5.52. The second-order valence-corrected chi connectivity index (χ2v) is 6.17. The average Bonchev–Trinajstić information content (AvgIpc) is 2.45. The number of hydrogen-bond donors (Lipinski definition) is 0. The fourth-order valence-electron chi connectivity index (χ4n) is 2.06. The Hall–Kier alpha value is -1.23. The number of rotatable bonds is 1. The molecule has 0 saturated heterocycles. The molecular weight excluding hydrogens is 378 g/mol. The molecule has 1 heterocycles. The van der Waals surface area contributed by atoms with Gasteiger partial charge in [0.05, 0.1) is 15.9 Å². The lowest BCUT2D eigenvalue weighted by atomic mass is 10.1. The van der Waals surface area contributed by atoms with Crippen molar-refractivity contribution in [2.24, 2.45) is 0 Å². The van der Waals surface area contributed by atoms with E-state index in [2.05, 4.69) is 25.9 Å². The first-order valence-corrected chi connectivity index (χ1v) is 7.60. The van der Waals surface area contributed by atoms with Gasteiger partial charge in [0.25, 0.3) is 0 Å². The topological polar surface area (TPSA) is 25.8 Å². The zero-order valence-corrected chi connectivity index (χ0v) is 13.9. The molecule has 106 valence electrons. The fourth-order valence-corrected chi connectivity index (χ4v) is 3.07. The van der Waals surface area contributed by atoms with Crippen molar-refractivity contribution in [3.63, 3.8) is 0 Å². The number of aromatic nitrogens is 2. The SMILES string of the molecule is Cc1ccc(Br)c2c(Cl)nc(-c3ccc(Cl)c(F)c3)nc12. The second-order valence-electron chi connectivity index (χ2n) is 4.55. The van der Waals surface area contributed by atoms with E-state index in [1.54, 1.807) is 6.07 Å². The third-order valence-electron chi connectivity index (χ3n) is 3.13. The molecule has 2 nitrogen and oxygen atoms in total. The van der Waals surface area contributed by atoms with Crippen molar-refractivity contribution in [1.82, 2.24) is 9.97 Å². The molecule has 0 atom stereocenters. The maximum Gasteiger partial charge on any atom is 0.161 e. The summed E-state index contributed by atoms with van der Waals surface area (Å²) in [6.45, 7) is 1.93. The minimum absolute atomic E-state index is 0.0598. The van der Waals surface area contributed by atoms with E-state index in [1.165, 1.54) is 12.1 Å². The molecule has 3 aromatic rings. The predicted molar refractivity (Wildman–Crippen MR) is 87.4 cm³/mol. The first kappa shape index (κ1) is 14.7. The summed E-state index contributed by atoms with van der Waals surface area (Å²) < 4.78 is 14.4. The van der Waals surface area contributed by atoms with Crippen LogP contribution in [0.1, 0.15) is 5.56 Å². The summed E-state index contributed by atoms with van der Waals surface area (Å²) in [5.41, 5.74) is 2.22. The minimum Gasteiger partial charge on any atom is -0.228 e. The Bertz CT molecular complexity index is 868. The van der Waals surface area contributed by atoms with Crippen LogP contribution in [0.4, 0.5) is 4.39 Å². The number of fused-ring (bicyclic) bond motifs is 1. The van der Waals surface area contributed by atoms with Crippen LogP contribution < -0.4 is 0 Å². The molecule has 0 amide bonds. The Labute approximate surface area is 139 Å². The van der Waals surface area contributed by atoms with Gasteiger partial charge in [0.15, 0.2) is 5.82 Å². The molecule has 1 aromatic heterocycles. The maximum absolute atomic E-state index is 13.6. The van der Waals surface area contributed by atoms with Crippen LogP contribution in [0.15, 0.2) is 34.8 Å². The van der Waals surface area contributed by atoms with Crippen molar-refractivity contribution >= 4 is 50.0 Å². The van der Waals surface area contributed by atoms with Crippen LogP contribution >= 0.6 is 39.1 Å². The quantitative estimate of drug-likeness (QED) is 0.493. The molecule has 0 aliphatic rings. The molecule has 2 aromatic carbocycles. The zero-order valence-electron chi connectivity index (χ0n) is 10.8. The van der Waals surface area contributed by atoms with Crippen LogP contribution in [-0.4, -0.2) is 9.97 Å². The van der Waals surface area contributed by atoms with E-state index in [1.807, 2.05) is 19.1 Å². The van der Waals surface area contributed by atoms with Crippen molar-refractivity contribution in [3.8, 4) is 11.4 Å². The molecule has 0 spiro atoms. The van der Waals surface area contributed by atoms with Gasteiger partial charge in [-0.2, -0.15) is 0 Å². The molecule has 3 rings (SSSR count). The lowest BCUT2D eigenvalue weighted by molar-refractivity contribution is 0.628. The Morgan fingerprint density at radius 2 is 1.86 bits per heavy atom. The monoisotopic (exact) mass is 384 g/mol. The highest BCUT2D eigenvalue weighted by molar-refractivity contribution is 9.10. The number of hydrogen-bond acceptors (Lipinski definition) is 2. The largest absolute Gasteiger partial charge is 0.228 e. The molecule has 0 aliphatic carbocycles. The molecule has 0 aliphatic heterocycles. The van der Waals surface area contributed by atoms with Crippen LogP contribution in [0.2, 0.25) is 10.2 Å². The van der Waals surface area contributed by atoms with Crippen molar-refractivity contribution < 1.29 is 4.39 Å². The number of halogens is 4. The first-order chi connectivity index (χ1) is 9.97. The molecule has 6 heteroatoms. The molecule has 21 heavy (non-hydrogen) atoms. The normalized spacial score (nSPS) is 11.1. The van der Waals surface area contributed by atoms with Crippen molar-refractivity contribution in [2.75, 3.05) is 0 Å². The number of aryl methyl sites for hydroxylation is 1. The summed E-state index contributed by atoms with van der Waals surface area (Å²) in [6.07, 6.45) is 0. The van der Waals surface area contributed by atoms with E-state index in [0.29, 0.717) is 16.5 Å². The lowest BCUT2D eigenvalue weighted by Gasteiger charge is -2.08. The first-order valence-electron chi connectivity index (χ1n) is 6.05. The van der Waals surface area contributed by atoms with Crippen molar-refractivity contribution in [3.05, 3.63) is 56.4 Å². The van der Waals surface area contributed by atoms with E-state index in [9.17, 15) is 4.39 Å². The van der Waals surface area contributed by atoms with E-state index in [0.717, 1.165) is 20.9 Å². The smallest absolute Gasteiger partial charge is 0.161 e. The predicted octanol–water partition coefficient (Wildman–Crippen LogP) is 5.81. The highest BCUT2D eigenvalue weighted by atomic mass is 79.9. The van der Waals surface area contributed by atoms with Gasteiger partial charge in [-0.15, -0.1) is 0 Å². The molecule has 0 N–H and O–H groups in total. The molecule has 0 saturated carbocycles. The van der Waals surface area contributed by atoms with Crippen molar-refractivity contribution in [1.29, 1.82) is 0 Å². The molecule has 0 radical (unpaired) electrons. The number of nitrogens with zero attached hydrogens (tertiary/aromatic N) is 2. The summed E-state index contributed by atoms with van der Waals surface area (Å²) in [5, 5.41) is 1.13. The highest BCUT2D eigenvalue weighted by Gasteiger charge is 2.13. The standard InChI is InChI=1S/C15H8BrCl2FN2/c1-7-2-4-9(16)12-13(7)20-15(21-14(12)18)8-3-5-10(17)11(19)6-8/h2-6H,1H3. The molecule has 0 unspecified atom stereocenters. The van der Waals surface area contributed by atoms with Crippen molar-refractivity contribution in [2.45, 2.75) is 6.92 Å². The van der Waals surface area contributed by atoms with Gasteiger partial charge >= 0.3 is 0 Å². The zero-order chi connectivity index (χ0) is 15.1. The van der Waals surface area contributed by atoms with E-state index >= 15 is 0 Å². The third-order valence-corrected chi connectivity index (χ3v) is 4.38. The minimum atomic E-state index is -0.514. The van der Waals surface area contributed by atoms with Crippen LogP contribution in [0.3, 0.4) is 0 Å². The van der Waals surface area contributed by atoms with Crippen LogP contribution in [0.25, 0.3) is 22.3 Å². The van der Waals surface area contributed by atoms with Gasteiger partial charge in [-0.05, 0) is 52.7 Å². The van der Waals surface area contributed by atoms with E-state index in [-0.39, 0.29) is 5.02 Å². The number of benzene rings is 2. The molecule has 0 bridgehead atoms. The average molecular weight is 386 g/mol. The van der Waals surface area contributed by atoms with Crippen LogP contribution in [0.5, 0.6) is 0 Å². The lowest BCUT2D eigenvalue weighted by Crippen LogP contribution is -1.95. The maximum atomic E-state index is 13.6. The Morgan fingerprint density at radius 3 is 2.57 bits per heavy atom. The third kappa shape index (κ3) is 2.63. The van der Waals surface area contributed by atoms with Crippen LogP contribution in [-0.2, 0) is 0 Å². The Kier molecular flexibility index (Phi) is 3.86. The summed E-state index contributed by atoms with van der Waals surface area (Å²) >= 11 is 15.4. The molecular formula is C15H8BrCl2FN2. The van der Waals surface area contributed by atoms with Gasteiger partial charge in [0.2, 0.25) is 0 Å². The summed E-state index contributed by atoms with van der Waals surface area (Å²) in [7, 11) is 0. The van der Waals surface area contributed by atoms with E-state index < -0.39 is 5.82 Å². The van der Waals surface area contributed by atoms with Gasteiger partial charge in [-0.1, -0.05) is 29.3 Å².